The van der Waals surface area contributed by atoms with Crippen molar-refractivity contribution in [3.63, 3.8) is 0 Å². The number of hydrogen-bond acceptors (Lipinski definition) is 3. The van der Waals surface area contributed by atoms with E-state index in [-0.39, 0.29) is 11.7 Å². The Balaban J connectivity index is 1.89. The Labute approximate surface area is 134 Å². The molecule has 1 amide bonds. The molecule has 0 spiro atoms. The zero-order valence-corrected chi connectivity index (χ0v) is 14.3. The molecule has 0 aromatic rings. The number of nitrogens with zero attached hydrogens (tertiary/aromatic N) is 1. The second kappa shape index (κ2) is 8.11. The highest BCUT2D eigenvalue weighted by Gasteiger charge is 2.38. The first-order valence-corrected chi connectivity index (χ1v) is 10.1. The molecular formula is C16H28N2O3S. The van der Waals surface area contributed by atoms with E-state index in [0.717, 1.165) is 32.1 Å². The molecule has 1 heterocycles. The lowest BCUT2D eigenvalue weighted by molar-refractivity contribution is -0.124. The summed E-state index contributed by atoms with van der Waals surface area (Å²) < 4.78 is 26.1. The van der Waals surface area contributed by atoms with Gasteiger partial charge < -0.3 is 5.32 Å². The van der Waals surface area contributed by atoms with Crippen molar-refractivity contribution in [2.45, 2.75) is 57.9 Å². The van der Waals surface area contributed by atoms with Gasteiger partial charge in [0.2, 0.25) is 15.9 Å². The molecule has 1 aliphatic heterocycles. The number of sulfonamides is 1. The Hall–Kier alpha value is -0.880. The quantitative estimate of drug-likeness (QED) is 0.727. The molecule has 1 aliphatic carbocycles. The lowest BCUT2D eigenvalue weighted by atomic mass is 9.94. The number of amides is 1. The highest BCUT2D eigenvalue weighted by atomic mass is 32.2. The van der Waals surface area contributed by atoms with Crippen LogP contribution in [-0.4, -0.2) is 43.5 Å². The molecule has 2 aliphatic rings. The number of carbonyl (C=O) groups excluding carboxylic acids is 1. The molecule has 22 heavy (non-hydrogen) atoms. The van der Waals surface area contributed by atoms with Gasteiger partial charge in [-0.1, -0.05) is 25.5 Å². The topological polar surface area (TPSA) is 66.5 Å². The molecule has 2 rings (SSSR count). The number of hydrogen-bond donors (Lipinski definition) is 1. The van der Waals surface area contributed by atoms with Gasteiger partial charge in [-0.25, -0.2) is 8.42 Å². The summed E-state index contributed by atoms with van der Waals surface area (Å²) in [7, 11) is -3.30. The zero-order chi connectivity index (χ0) is 16.0. The third-order valence-electron chi connectivity index (χ3n) is 4.56. The molecule has 0 aromatic heterocycles. The summed E-state index contributed by atoms with van der Waals surface area (Å²) in [4.78, 5) is 12.4. The van der Waals surface area contributed by atoms with E-state index in [1.54, 1.807) is 0 Å². The van der Waals surface area contributed by atoms with Gasteiger partial charge in [0, 0.05) is 13.1 Å². The summed E-state index contributed by atoms with van der Waals surface area (Å²) in [6.07, 6.45) is 10.4. The Morgan fingerprint density at radius 2 is 2.14 bits per heavy atom. The van der Waals surface area contributed by atoms with Crippen LogP contribution in [0.25, 0.3) is 0 Å². The van der Waals surface area contributed by atoms with Gasteiger partial charge in [0.15, 0.2) is 0 Å². The van der Waals surface area contributed by atoms with Gasteiger partial charge in [-0.2, -0.15) is 4.31 Å². The van der Waals surface area contributed by atoms with Crippen LogP contribution >= 0.6 is 0 Å². The summed E-state index contributed by atoms with van der Waals surface area (Å²) in [5.41, 5.74) is 0. The third-order valence-corrected chi connectivity index (χ3v) is 6.52. The third kappa shape index (κ3) is 4.56. The summed E-state index contributed by atoms with van der Waals surface area (Å²) in [5, 5.41) is 2.97. The lowest BCUT2D eigenvalue weighted by Crippen LogP contribution is -2.47. The van der Waals surface area contributed by atoms with Crippen molar-refractivity contribution >= 4 is 15.9 Å². The molecule has 0 aromatic carbocycles. The molecule has 2 atom stereocenters. The SMILES string of the molecule is CCCCS(=O)(=O)N1CCCC1C(=O)NCC1CC=CCC1. The van der Waals surface area contributed by atoms with Crippen molar-refractivity contribution < 1.29 is 13.2 Å². The normalized spacial score (nSPS) is 26.2. The molecule has 5 nitrogen and oxygen atoms in total. The van der Waals surface area contributed by atoms with Crippen LogP contribution < -0.4 is 5.32 Å². The maximum Gasteiger partial charge on any atom is 0.238 e. The first-order chi connectivity index (χ1) is 10.5. The molecule has 1 saturated heterocycles. The molecule has 0 bridgehead atoms. The van der Waals surface area contributed by atoms with E-state index in [9.17, 15) is 13.2 Å². The molecule has 6 heteroatoms. The Morgan fingerprint density at radius 1 is 1.32 bits per heavy atom. The van der Waals surface area contributed by atoms with E-state index in [1.165, 1.54) is 4.31 Å². The van der Waals surface area contributed by atoms with Crippen LogP contribution in [0.3, 0.4) is 0 Å². The van der Waals surface area contributed by atoms with Crippen molar-refractivity contribution in [1.82, 2.24) is 9.62 Å². The van der Waals surface area contributed by atoms with Gasteiger partial charge in [-0.05, 0) is 44.4 Å². The van der Waals surface area contributed by atoms with Gasteiger partial charge in [-0.3, -0.25) is 4.79 Å². The lowest BCUT2D eigenvalue weighted by Gasteiger charge is -2.25. The highest BCUT2D eigenvalue weighted by molar-refractivity contribution is 7.89. The van der Waals surface area contributed by atoms with Crippen LogP contribution in [0.5, 0.6) is 0 Å². The van der Waals surface area contributed by atoms with E-state index >= 15 is 0 Å². The van der Waals surface area contributed by atoms with E-state index in [2.05, 4.69) is 17.5 Å². The molecule has 0 saturated carbocycles. The van der Waals surface area contributed by atoms with Crippen LogP contribution in [0.15, 0.2) is 12.2 Å². The van der Waals surface area contributed by atoms with E-state index in [0.29, 0.717) is 31.8 Å². The number of carbonyl (C=O) groups is 1. The largest absolute Gasteiger partial charge is 0.354 e. The predicted molar refractivity (Wildman–Crippen MR) is 87.9 cm³/mol. The Morgan fingerprint density at radius 3 is 2.82 bits per heavy atom. The summed E-state index contributed by atoms with van der Waals surface area (Å²) in [6.45, 7) is 3.11. The highest BCUT2D eigenvalue weighted by Crippen LogP contribution is 2.23. The smallest absolute Gasteiger partial charge is 0.238 e. The summed E-state index contributed by atoms with van der Waals surface area (Å²) in [6, 6.07) is -0.499. The minimum absolute atomic E-state index is 0.118. The predicted octanol–water partition coefficient (Wildman–Crippen LogP) is 2.05. The maximum atomic E-state index is 12.4. The average molecular weight is 328 g/mol. The van der Waals surface area contributed by atoms with Gasteiger partial charge >= 0.3 is 0 Å². The number of unbranched alkanes of at least 4 members (excludes halogenated alkanes) is 1. The fraction of sp³-hybridized carbons (Fsp3) is 0.812. The van der Waals surface area contributed by atoms with Gasteiger partial charge in [0.25, 0.3) is 0 Å². The van der Waals surface area contributed by atoms with Crippen LogP contribution in [0.2, 0.25) is 0 Å². The maximum absolute atomic E-state index is 12.4. The summed E-state index contributed by atoms with van der Waals surface area (Å²) in [5.74, 6) is 0.522. The van der Waals surface area contributed by atoms with Crippen molar-refractivity contribution in [3.05, 3.63) is 12.2 Å². The minimum Gasteiger partial charge on any atom is -0.354 e. The second-order valence-corrected chi connectivity index (χ2v) is 8.38. The molecule has 0 radical (unpaired) electrons. The monoisotopic (exact) mass is 328 g/mol. The van der Waals surface area contributed by atoms with Crippen molar-refractivity contribution in [2.75, 3.05) is 18.8 Å². The van der Waals surface area contributed by atoms with Crippen LogP contribution in [0, 0.1) is 5.92 Å². The van der Waals surface area contributed by atoms with Crippen molar-refractivity contribution in [3.8, 4) is 0 Å². The van der Waals surface area contributed by atoms with Crippen LogP contribution in [0.4, 0.5) is 0 Å². The van der Waals surface area contributed by atoms with Gasteiger partial charge in [0.05, 0.1) is 5.75 Å². The van der Waals surface area contributed by atoms with Crippen molar-refractivity contribution in [1.29, 1.82) is 0 Å². The zero-order valence-electron chi connectivity index (χ0n) is 13.5. The van der Waals surface area contributed by atoms with Crippen LogP contribution in [-0.2, 0) is 14.8 Å². The second-order valence-electron chi connectivity index (χ2n) is 6.33. The van der Waals surface area contributed by atoms with Crippen LogP contribution in [0.1, 0.15) is 51.9 Å². The van der Waals surface area contributed by atoms with Gasteiger partial charge in [-0.15, -0.1) is 0 Å². The molecule has 1 N–H and O–H groups in total. The fourth-order valence-corrected chi connectivity index (χ4v) is 5.07. The Kier molecular flexibility index (Phi) is 6.44. The van der Waals surface area contributed by atoms with Gasteiger partial charge in [0.1, 0.15) is 6.04 Å². The average Bonchev–Trinajstić information content (AvgIpc) is 3.02. The minimum atomic E-state index is -3.30. The first-order valence-electron chi connectivity index (χ1n) is 8.47. The van der Waals surface area contributed by atoms with E-state index < -0.39 is 16.1 Å². The first kappa shape index (κ1) is 17.5. The molecule has 126 valence electrons. The number of rotatable bonds is 7. The number of allylic oxidation sites excluding steroid dienone is 2. The van der Waals surface area contributed by atoms with Crippen molar-refractivity contribution in [2.24, 2.45) is 5.92 Å². The fourth-order valence-electron chi connectivity index (χ4n) is 3.18. The standard InChI is InChI=1S/C16H28N2O3S/c1-2-3-12-22(20,21)18-11-7-10-15(18)16(19)17-13-14-8-5-4-6-9-14/h4-5,14-15H,2-3,6-13H2,1H3,(H,17,19). The number of nitrogens with one attached hydrogen (secondary N) is 1. The molecular weight excluding hydrogens is 300 g/mol. The van der Waals surface area contributed by atoms with E-state index in [1.807, 2.05) is 6.92 Å². The molecule has 2 unspecified atom stereocenters. The summed E-state index contributed by atoms with van der Waals surface area (Å²) >= 11 is 0. The van der Waals surface area contributed by atoms with E-state index in [4.69, 9.17) is 0 Å². The molecule has 1 fully saturated rings. The Bertz CT molecular complexity index is 502.